The first-order valence-electron chi connectivity index (χ1n) is 12.7. The molecule has 0 aromatic heterocycles. The van der Waals surface area contributed by atoms with Crippen LogP contribution in [0.1, 0.15) is 48.8 Å². The minimum atomic E-state index is -0.780. The Morgan fingerprint density at radius 2 is 1.59 bits per heavy atom. The van der Waals surface area contributed by atoms with Gasteiger partial charge in [0.25, 0.3) is 0 Å². The topological polar surface area (TPSA) is 49.4 Å². The van der Waals surface area contributed by atoms with Gasteiger partial charge in [0.15, 0.2) is 0 Å². The van der Waals surface area contributed by atoms with Gasteiger partial charge >= 0.3 is 0 Å². The van der Waals surface area contributed by atoms with Crippen LogP contribution in [-0.2, 0) is 29.0 Å². The Morgan fingerprint density at radius 1 is 0.892 bits per heavy atom. The molecule has 1 N–H and O–H groups in total. The largest absolute Gasteiger partial charge is 0.352 e. The van der Waals surface area contributed by atoms with Crippen LogP contribution in [0.3, 0.4) is 0 Å². The lowest BCUT2D eigenvalue weighted by Crippen LogP contribution is -2.53. The Balaban J connectivity index is 1.68. The zero-order chi connectivity index (χ0) is 26.2. The highest BCUT2D eigenvalue weighted by molar-refractivity contribution is 6.42. The molecule has 0 saturated heterocycles. The van der Waals surface area contributed by atoms with E-state index in [1.807, 2.05) is 30.3 Å². The average molecular weight is 541 g/mol. The Bertz CT molecular complexity index is 1220. The van der Waals surface area contributed by atoms with Gasteiger partial charge in [-0.1, -0.05) is 97.1 Å². The van der Waals surface area contributed by atoms with Crippen LogP contribution < -0.4 is 5.32 Å². The molecule has 4 rings (SSSR count). The summed E-state index contributed by atoms with van der Waals surface area (Å²) in [4.78, 5) is 29.1. The second kappa shape index (κ2) is 13.1. The number of halogens is 3. The van der Waals surface area contributed by atoms with Crippen molar-refractivity contribution in [2.45, 2.75) is 63.6 Å². The SMILES string of the molecule is O=C(NC1CCCCC1)[C@@H](Cc1ccccc1)N(Cc1ccc(Cl)c(Cl)c1)C(=O)Cc1ccccc1F. The normalized spacial score (nSPS) is 14.7. The van der Waals surface area contributed by atoms with Crippen LogP contribution in [0, 0.1) is 5.82 Å². The zero-order valence-corrected chi connectivity index (χ0v) is 22.1. The van der Waals surface area contributed by atoms with Gasteiger partial charge in [0.05, 0.1) is 16.5 Å². The number of nitrogens with one attached hydrogen (secondary N) is 1. The number of benzene rings is 3. The Labute approximate surface area is 227 Å². The number of amides is 2. The maximum Gasteiger partial charge on any atom is 0.243 e. The molecule has 1 fully saturated rings. The van der Waals surface area contributed by atoms with Gasteiger partial charge in [-0.25, -0.2) is 4.39 Å². The van der Waals surface area contributed by atoms with Crippen molar-refractivity contribution < 1.29 is 14.0 Å². The summed E-state index contributed by atoms with van der Waals surface area (Å²) < 4.78 is 14.5. The summed E-state index contributed by atoms with van der Waals surface area (Å²) in [5.74, 6) is -0.981. The van der Waals surface area contributed by atoms with Gasteiger partial charge in [0.1, 0.15) is 11.9 Å². The Kier molecular flexibility index (Phi) is 9.59. The van der Waals surface area contributed by atoms with E-state index in [1.54, 1.807) is 41.3 Å². The van der Waals surface area contributed by atoms with Crippen LogP contribution in [0.5, 0.6) is 0 Å². The fourth-order valence-corrected chi connectivity index (χ4v) is 5.16. The fraction of sp³-hybridized carbons (Fsp3) is 0.333. The quantitative estimate of drug-likeness (QED) is 0.325. The molecule has 3 aromatic rings. The number of rotatable bonds is 9. The molecular weight excluding hydrogens is 510 g/mol. The van der Waals surface area contributed by atoms with Crippen molar-refractivity contribution in [3.63, 3.8) is 0 Å². The van der Waals surface area contributed by atoms with Gasteiger partial charge < -0.3 is 10.2 Å². The van der Waals surface area contributed by atoms with Gasteiger partial charge in [-0.2, -0.15) is 0 Å². The fourth-order valence-electron chi connectivity index (χ4n) is 4.84. The van der Waals surface area contributed by atoms with Gasteiger partial charge in [-0.15, -0.1) is 0 Å². The summed E-state index contributed by atoms with van der Waals surface area (Å²) in [6, 6.07) is 20.3. The predicted octanol–water partition coefficient (Wildman–Crippen LogP) is 6.76. The third-order valence-electron chi connectivity index (χ3n) is 6.86. The van der Waals surface area contributed by atoms with Crippen LogP contribution in [0.15, 0.2) is 72.8 Å². The highest BCUT2D eigenvalue weighted by atomic mass is 35.5. The molecule has 1 aliphatic carbocycles. The van der Waals surface area contributed by atoms with E-state index in [-0.39, 0.29) is 36.4 Å². The summed E-state index contributed by atoms with van der Waals surface area (Å²) in [5.41, 5.74) is 1.96. The molecule has 0 heterocycles. The number of carbonyl (C=O) groups is 2. The highest BCUT2D eigenvalue weighted by Gasteiger charge is 2.32. The molecule has 0 radical (unpaired) electrons. The number of nitrogens with zero attached hydrogens (tertiary/aromatic N) is 1. The molecule has 194 valence electrons. The second-order valence-corrected chi connectivity index (χ2v) is 10.4. The van der Waals surface area contributed by atoms with Gasteiger partial charge in [0.2, 0.25) is 11.8 Å². The van der Waals surface area contributed by atoms with E-state index in [9.17, 15) is 14.0 Å². The van der Waals surface area contributed by atoms with Crippen molar-refractivity contribution in [1.82, 2.24) is 10.2 Å². The van der Waals surface area contributed by atoms with Crippen molar-refractivity contribution in [3.05, 3.63) is 105 Å². The van der Waals surface area contributed by atoms with E-state index < -0.39 is 11.9 Å². The molecule has 7 heteroatoms. The molecule has 1 aliphatic rings. The molecule has 0 bridgehead atoms. The summed E-state index contributed by atoms with van der Waals surface area (Å²) in [5, 5.41) is 3.98. The molecule has 0 unspecified atom stereocenters. The van der Waals surface area contributed by atoms with E-state index in [0.29, 0.717) is 16.5 Å². The molecule has 4 nitrogen and oxygen atoms in total. The molecule has 1 saturated carbocycles. The standard InChI is InChI=1S/C30H31Cl2FN2O2/c31-25-16-15-22(17-26(25)32)20-35(29(36)19-23-11-7-8-14-27(23)33)28(18-21-9-3-1-4-10-21)30(37)34-24-12-5-2-6-13-24/h1,3-4,7-11,14-17,24,28H,2,5-6,12-13,18-20H2,(H,34,37)/t28-/m1/s1. The lowest BCUT2D eigenvalue weighted by molar-refractivity contribution is -0.141. The molecule has 1 atom stereocenters. The van der Waals surface area contributed by atoms with Crippen molar-refractivity contribution >= 4 is 35.0 Å². The van der Waals surface area contributed by atoms with Crippen LogP contribution in [0.25, 0.3) is 0 Å². The molecular formula is C30H31Cl2FN2O2. The second-order valence-electron chi connectivity index (χ2n) is 9.59. The van der Waals surface area contributed by atoms with E-state index in [1.165, 1.54) is 12.5 Å². The molecule has 37 heavy (non-hydrogen) atoms. The predicted molar refractivity (Wildman–Crippen MR) is 146 cm³/mol. The van der Waals surface area contributed by atoms with Gasteiger partial charge in [-0.3, -0.25) is 9.59 Å². The summed E-state index contributed by atoms with van der Waals surface area (Å²) in [6.07, 6.45) is 5.37. The number of carbonyl (C=O) groups excluding carboxylic acids is 2. The maximum absolute atomic E-state index is 14.5. The van der Waals surface area contributed by atoms with E-state index in [4.69, 9.17) is 23.2 Å². The highest BCUT2D eigenvalue weighted by Crippen LogP contribution is 2.25. The Morgan fingerprint density at radius 3 is 2.30 bits per heavy atom. The molecule has 0 aliphatic heterocycles. The van der Waals surface area contributed by atoms with Crippen LogP contribution in [-0.4, -0.2) is 28.8 Å². The Hall–Kier alpha value is -2.89. The zero-order valence-electron chi connectivity index (χ0n) is 20.6. The van der Waals surface area contributed by atoms with Gasteiger partial charge in [-0.05, 0) is 47.7 Å². The summed E-state index contributed by atoms with van der Waals surface area (Å²) in [6.45, 7) is 0.139. The minimum Gasteiger partial charge on any atom is -0.352 e. The van der Waals surface area contributed by atoms with Crippen molar-refractivity contribution in [2.75, 3.05) is 0 Å². The monoisotopic (exact) mass is 540 g/mol. The van der Waals surface area contributed by atoms with Crippen LogP contribution >= 0.6 is 23.2 Å². The molecule has 2 amide bonds. The first-order valence-corrected chi connectivity index (χ1v) is 13.5. The third kappa shape index (κ3) is 7.56. The smallest absolute Gasteiger partial charge is 0.243 e. The minimum absolute atomic E-state index is 0.0908. The van der Waals surface area contributed by atoms with Crippen molar-refractivity contribution in [2.24, 2.45) is 0 Å². The van der Waals surface area contributed by atoms with E-state index >= 15 is 0 Å². The summed E-state index contributed by atoms with van der Waals surface area (Å²) in [7, 11) is 0. The molecule has 3 aromatic carbocycles. The van der Waals surface area contributed by atoms with Crippen LogP contribution in [0.4, 0.5) is 4.39 Å². The average Bonchev–Trinajstić information content (AvgIpc) is 2.90. The molecule has 0 spiro atoms. The van der Waals surface area contributed by atoms with E-state index in [0.717, 1.165) is 36.8 Å². The third-order valence-corrected chi connectivity index (χ3v) is 7.60. The van der Waals surface area contributed by atoms with Crippen molar-refractivity contribution in [1.29, 1.82) is 0 Å². The lowest BCUT2D eigenvalue weighted by atomic mass is 9.94. The van der Waals surface area contributed by atoms with Gasteiger partial charge in [0, 0.05) is 19.0 Å². The first-order chi connectivity index (χ1) is 17.9. The lowest BCUT2D eigenvalue weighted by Gasteiger charge is -2.33. The summed E-state index contributed by atoms with van der Waals surface area (Å²) >= 11 is 12.4. The van der Waals surface area contributed by atoms with Crippen molar-refractivity contribution in [3.8, 4) is 0 Å². The number of hydrogen-bond acceptors (Lipinski definition) is 2. The van der Waals surface area contributed by atoms with E-state index in [2.05, 4.69) is 5.32 Å². The van der Waals surface area contributed by atoms with Crippen LogP contribution in [0.2, 0.25) is 10.0 Å². The maximum atomic E-state index is 14.5. The number of hydrogen-bond donors (Lipinski definition) is 1. The first kappa shape index (κ1) is 27.2.